The minimum atomic E-state index is -0.138. The third-order valence-electron chi connectivity index (χ3n) is 5.93. The molecule has 0 aromatic heterocycles. The Bertz CT molecular complexity index is 633. The van der Waals surface area contributed by atoms with Gasteiger partial charge in [-0.05, 0) is 92.6 Å². The maximum absolute atomic E-state index is 13.0. The summed E-state index contributed by atoms with van der Waals surface area (Å²) < 4.78 is 13.0. The van der Waals surface area contributed by atoms with Crippen LogP contribution < -0.4 is 0 Å². The minimum absolute atomic E-state index is 0.138. The van der Waals surface area contributed by atoms with Crippen LogP contribution in [0.3, 0.4) is 0 Å². The molecule has 3 rings (SSSR count). The molecule has 0 bridgehead atoms. The highest BCUT2D eigenvalue weighted by atomic mass is 32.2. The Balaban J connectivity index is 0.000000817. The van der Waals surface area contributed by atoms with Crippen molar-refractivity contribution in [2.24, 2.45) is 17.8 Å². The molecule has 2 aliphatic rings. The van der Waals surface area contributed by atoms with Gasteiger partial charge in [0.1, 0.15) is 5.82 Å². The van der Waals surface area contributed by atoms with Crippen LogP contribution in [0.1, 0.15) is 51.0 Å². The molecule has 0 heterocycles. The zero-order chi connectivity index (χ0) is 19.6. The van der Waals surface area contributed by atoms with Gasteiger partial charge in [0.05, 0.1) is 0 Å². The molecule has 1 fully saturated rings. The van der Waals surface area contributed by atoms with Gasteiger partial charge in [0.2, 0.25) is 0 Å². The number of halogens is 1. The van der Waals surface area contributed by atoms with E-state index in [0.29, 0.717) is 5.92 Å². The largest absolute Gasteiger partial charge is 0.207 e. The summed E-state index contributed by atoms with van der Waals surface area (Å²) in [7, 11) is 0. The average Bonchev–Trinajstić information content (AvgIpc) is 2.68. The molecule has 1 unspecified atom stereocenters. The van der Waals surface area contributed by atoms with Crippen molar-refractivity contribution in [2.45, 2.75) is 51.9 Å². The van der Waals surface area contributed by atoms with Gasteiger partial charge in [-0.1, -0.05) is 49.4 Å². The first-order chi connectivity index (χ1) is 13.1. The van der Waals surface area contributed by atoms with E-state index < -0.39 is 0 Å². The third-order valence-corrected chi connectivity index (χ3v) is 5.93. The number of benzene rings is 1. The molecule has 1 aromatic rings. The van der Waals surface area contributed by atoms with Crippen LogP contribution in [0.5, 0.6) is 0 Å². The van der Waals surface area contributed by atoms with Crippen LogP contribution in [0.2, 0.25) is 0 Å². The maximum atomic E-state index is 13.0. The van der Waals surface area contributed by atoms with Gasteiger partial charge in [0.15, 0.2) is 0 Å². The lowest BCUT2D eigenvalue weighted by Gasteiger charge is -2.34. The molecule has 1 aromatic carbocycles. The van der Waals surface area contributed by atoms with Crippen LogP contribution in [-0.4, -0.2) is 12.5 Å². The molecular formula is C25H35FS. The zero-order valence-electron chi connectivity index (χ0n) is 17.2. The fraction of sp³-hybridized carbons (Fsp3) is 0.520. The molecule has 0 saturated heterocycles. The number of allylic oxidation sites excluding steroid dienone is 5. The second-order valence-electron chi connectivity index (χ2n) is 7.85. The van der Waals surface area contributed by atoms with Crippen molar-refractivity contribution >= 4 is 11.8 Å². The number of hydrogen-bond donors (Lipinski definition) is 0. The SMILES string of the molecule is C=C1C=CC=C(C2CCC(CCc3ccc(F)cc3)CC2)C1CC.CSC. The van der Waals surface area contributed by atoms with E-state index in [9.17, 15) is 4.39 Å². The normalized spacial score (nSPS) is 24.8. The van der Waals surface area contributed by atoms with Crippen molar-refractivity contribution in [2.75, 3.05) is 12.5 Å². The van der Waals surface area contributed by atoms with E-state index in [-0.39, 0.29) is 5.82 Å². The summed E-state index contributed by atoms with van der Waals surface area (Å²) in [6, 6.07) is 7.01. The van der Waals surface area contributed by atoms with Crippen molar-refractivity contribution in [3.05, 3.63) is 71.6 Å². The Hall–Kier alpha value is -1.28. The Labute approximate surface area is 170 Å². The lowest BCUT2D eigenvalue weighted by molar-refractivity contribution is 0.278. The highest BCUT2D eigenvalue weighted by Gasteiger charge is 2.28. The van der Waals surface area contributed by atoms with Crippen molar-refractivity contribution < 1.29 is 4.39 Å². The van der Waals surface area contributed by atoms with Crippen LogP contribution in [-0.2, 0) is 6.42 Å². The van der Waals surface area contributed by atoms with E-state index >= 15 is 0 Å². The predicted molar refractivity (Wildman–Crippen MR) is 120 cm³/mol. The third kappa shape index (κ3) is 6.68. The first kappa shape index (κ1) is 22.0. The Morgan fingerprint density at radius 2 is 1.70 bits per heavy atom. The number of aryl methyl sites for hydroxylation is 1. The van der Waals surface area contributed by atoms with Gasteiger partial charge in [0, 0.05) is 5.92 Å². The Morgan fingerprint density at radius 3 is 2.30 bits per heavy atom. The van der Waals surface area contributed by atoms with Crippen LogP contribution >= 0.6 is 11.8 Å². The second-order valence-corrected chi connectivity index (χ2v) is 8.67. The summed E-state index contributed by atoms with van der Waals surface area (Å²) in [6.07, 6.45) is 19.6. The molecule has 0 aliphatic heterocycles. The summed E-state index contributed by atoms with van der Waals surface area (Å²) in [5, 5.41) is 0. The molecule has 148 valence electrons. The number of thioether (sulfide) groups is 1. The Morgan fingerprint density at radius 1 is 1.07 bits per heavy atom. The van der Waals surface area contributed by atoms with E-state index in [1.165, 1.54) is 49.7 Å². The first-order valence-electron chi connectivity index (χ1n) is 10.3. The van der Waals surface area contributed by atoms with Gasteiger partial charge in [-0.2, -0.15) is 11.8 Å². The topological polar surface area (TPSA) is 0 Å². The van der Waals surface area contributed by atoms with Gasteiger partial charge in [-0.15, -0.1) is 0 Å². The van der Waals surface area contributed by atoms with E-state index in [0.717, 1.165) is 18.3 Å². The van der Waals surface area contributed by atoms with Crippen molar-refractivity contribution in [1.82, 2.24) is 0 Å². The Kier molecular flexibility index (Phi) is 9.41. The molecular weight excluding hydrogens is 351 g/mol. The fourth-order valence-electron chi connectivity index (χ4n) is 4.45. The van der Waals surface area contributed by atoms with Crippen LogP contribution in [0.4, 0.5) is 4.39 Å². The second kappa shape index (κ2) is 11.5. The van der Waals surface area contributed by atoms with Gasteiger partial charge >= 0.3 is 0 Å². The van der Waals surface area contributed by atoms with E-state index in [1.54, 1.807) is 29.5 Å². The van der Waals surface area contributed by atoms with Crippen LogP contribution in [0, 0.1) is 23.6 Å². The molecule has 0 nitrogen and oxygen atoms in total. The fourth-order valence-corrected chi connectivity index (χ4v) is 4.45. The molecule has 0 amide bonds. The highest BCUT2D eigenvalue weighted by molar-refractivity contribution is 7.97. The van der Waals surface area contributed by atoms with Gasteiger partial charge < -0.3 is 0 Å². The molecule has 2 aliphatic carbocycles. The predicted octanol–water partition coefficient (Wildman–Crippen LogP) is 7.62. The summed E-state index contributed by atoms with van der Waals surface area (Å²) >= 11 is 1.75. The van der Waals surface area contributed by atoms with E-state index in [4.69, 9.17) is 0 Å². The molecule has 0 N–H and O–H groups in total. The average molecular weight is 387 g/mol. The lowest BCUT2D eigenvalue weighted by Crippen LogP contribution is -2.22. The molecule has 0 spiro atoms. The summed E-state index contributed by atoms with van der Waals surface area (Å²) in [5.74, 6) is 2.00. The van der Waals surface area contributed by atoms with Crippen LogP contribution in [0.25, 0.3) is 0 Å². The summed E-state index contributed by atoms with van der Waals surface area (Å²) in [6.45, 7) is 6.52. The lowest BCUT2D eigenvalue weighted by atomic mass is 9.71. The first-order valence-corrected chi connectivity index (χ1v) is 11.9. The van der Waals surface area contributed by atoms with Gasteiger partial charge in [-0.25, -0.2) is 4.39 Å². The quantitative estimate of drug-likeness (QED) is 0.501. The molecule has 0 radical (unpaired) electrons. The van der Waals surface area contributed by atoms with Gasteiger partial charge in [0.25, 0.3) is 0 Å². The maximum Gasteiger partial charge on any atom is 0.123 e. The van der Waals surface area contributed by atoms with Crippen molar-refractivity contribution in [3.8, 4) is 0 Å². The summed E-state index contributed by atoms with van der Waals surface area (Å²) in [4.78, 5) is 0. The highest BCUT2D eigenvalue weighted by Crippen LogP contribution is 2.41. The van der Waals surface area contributed by atoms with Gasteiger partial charge in [-0.3, -0.25) is 0 Å². The standard InChI is InChI=1S/C23H29F.C2H6S/c1-3-22-17(2)5-4-6-23(22)20-13-9-18(10-14-20)7-8-19-11-15-21(24)16-12-19;1-3-2/h4-6,11-12,15-16,18,20,22H,2-3,7-10,13-14H2,1H3;1-2H3. The number of hydrogen-bond acceptors (Lipinski definition) is 1. The molecule has 2 heteroatoms. The molecule has 1 atom stereocenters. The van der Waals surface area contributed by atoms with E-state index in [2.05, 4.69) is 31.7 Å². The monoisotopic (exact) mass is 386 g/mol. The molecule has 1 saturated carbocycles. The summed E-state index contributed by atoms with van der Waals surface area (Å²) in [5.41, 5.74) is 4.18. The minimum Gasteiger partial charge on any atom is -0.207 e. The van der Waals surface area contributed by atoms with Crippen molar-refractivity contribution in [1.29, 1.82) is 0 Å². The number of rotatable bonds is 5. The van der Waals surface area contributed by atoms with E-state index in [1.807, 2.05) is 24.6 Å². The smallest absolute Gasteiger partial charge is 0.123 e. The van der Waals surface area contributed by atoms with Crippen molar-refractivity contribution in [3.63, 3.8) is 0 Å². The molecule has 27 heavy (non-hydrogen) atoms. The van der Waals surface area contributed by atoms with Crippen LogP contribution in [0.15, 0.2) is 60.2 Å². The zero-order valence-corrected chi connectivity index (χ0v) is 18.0.